The van der Waals surface area contributed by atoms with Gasteiger partial charge in [-0.25, -0.2) is 0 Å². The van der Waals surface area contributed by atoms with Crippen molar-refractivity contribution in [1.82, 2.24) is 10.3 Å². The Morgan fingerprint density at radius 3 is 3.29 bits per heavy atom. The van der Waals surface area contributed by atoms with Crippen molar-refractivity contribution < 1.29 is 4.42 Å². The number of aromatic nitrogens is 1. The van der Waals surface area contributed by atoms with Gasteiger partial charge in [0, 0.05) is 18.3 Å². The minimum absolute atomic E-state index is 0.561. The number of pyridine rings is 1. The number of nitrogens with zero attached hydrogens (tertiary/aromatic N) is 1. The highest BCUT2D eigenvalue weighted by molar-refractivity contribution is 5.79. The zero-order valence-corrected chi connectivity index (χ0v) is 9.52. The summed E-state index contributed by atoms with van der Waals surface area (Å²) in [4.78, 5) is 4.31. The summed E-state index contributed by atoms with van der Waals surface area (Å²) in [6, 6.07) is 6.50. The second-order valence-corrected chi connectivity index (χ2v) is 4.92. The van der Waals surface area contributed by atoms with Crippen LogP contribution in [0.2, 0.25) is 0 Å². The fraction of sp³-hybridized carbons (Fsp3) is 0.357. The van der Waals surface area contributed by atoms with Crippen LogP contribution in [0.15, 0.2) is 34.9 Å². The van der Waals surface area contributed by atoms with E-state index >= 15 is 0 Å². The van der Waals surface area contributed by atoms with E-state index in [2.05, 4.69) is 22.4 Å². The van der Waals surface area contributed by atoms with Gasteiger partial charge in [0.1, 0.15) is 11.3 Å². The summed E-state index contributed by atoms with van der Waals surface area (Å²) >= 11 is 0. The van der Waals surface area contributed by atoms with Crippen molar-refractivity contribution in [2.24, 2.45) is 5.92 Å². The molecule has 4 rings (SSSR count). The van der Waals surface area contributed by atoms with Crippen molar-refractivity contribution in [3.63, 3.8) is 0 Å². The highest BCUT2D eigenvalue weighted by Gasteiger charge is 2.32. The molecule has 17 heavy (non-hydrogen) atoms. The summed E-state index contributed by atoms with van der Waals surface area (Å²) in [5, 5.41) is 3.52. The van der Waals surface area contributed by atoms with Gasteiger partial charge in [0.2, 0.25) is 0 Å². The summed E-state index contributed by atoms with van der Waals surface area (Å²) < 4.78 is 5.86. The lowest BCUT2D eigenvalue weighted by atomic mass is 10.0. The van der Waals surface area contributed by atoms with Crippen LogP contribution in [0.3, 0.4) is 0 Å². The molecule has 2 aliphatic rings. The van der Waals surface area contributed by atoms with Crippen molar-refractivity contribution in [2.45, 2.75) is 18.9 Å². The minimum atomic E-state index is 0.561. The number of furan rings is 1. The van der Waals surface area contributed by atoms with E-state index in [1.54, 1.807) is 6.20 Å². The standard InChI is InChI=1S/C14H14N2O/c1-2-13-12(15-4-1)8-14(17-13)10-6-9-3-5-16-11(9)7-10/h1-2,4,7-9,11,16H,3,5-6H2/t9-,11+/m1/s1. The van der Waals surface area contributed by atoms with Gasteiger partial charge in [-0.1, -0.05) is 6.08 Å². The molecule has 2 aromatic rings. The molecule has 1 aliphatic heterocycles. The third kappa shape index (κ3) is 1.42. The topological polar surface area (TPSA) is 38.1 Å². The predicted molar refractivity (Wildman–Crippen MR) is 66.5 cm³/mol. The van der Waals surface area contributed by atoms with E-state index in [1.165, 1.54) is 12.0 Å². The van der Waals surface area contributed by atoms with Crippen LogP contribution in [0.4, 0.5) is 0 Å². The molecular weight excluding hydrogens is 212 g/mol. The lowest BCUT2D eigenvalue weighted by Gasteiger charge is -2.05. The number of hydrogen-bond acceptors (Lipinski definition) is 3. The second kappa shape index (κ2) is 3.44. The highest BCUT2D eigenvalue weighted by atomic mass is 16.3. The smallest absolute Gasteiger partial charge is 0.153 e. The molecule has 3 heterocycles. The molecule has 0 saturated carbocycles. The molecule has 1 fully saturated rings. The molecule has 3 nitrogen and oxygen atoms in total. The maximum Gasteiger partial charge on any atom is 0.153 e. The van der Waals surface area contributed by atoms with Crippen LogP contribution >= 0.6 is 0 Å². The Morgan fingerprint density at radius 1 is 1.41 bits per heavy atom. The fourth-order valence-corrected chi connectivity index (χ4v) is 2.98. The number of allylic oxidation sites excluding steroid dienone is 1. The van der Waals surface area contributed by atoms with Gasteiger partial charge in [0.05, 0.1) is 0 Å². The molecule has 0 bridgehead atoms. The van der Waals surface area contributed by atoms with Crippen molar-refractivity contribution in [2.75, 3.05) is 6.54 Å². The molecule has 1 aliphatic carbocycles. The van der Waals surface area contributed by atoms with Crippen LogP contribution in [0, 0.1) is 5.92 Å². The molecule has 2 atom stereocenters. The van der Waals surface area contributed by atoms with Crippen molar-refractivity contribution >= 4 is 16.7 Å². The number of nitrogens with one attached hydrogen (secondary N) is 1. The summed E-state index contributed by atoms with van der Waals surface area (Å²) in [6.45, 7) is 1.15. The van der Waals surface area contributed by atoms with Crippen LogP contribution in [0.25, 0.3) is 16.7 Å². The first-order chi connectivity index (χ1) is 8.40. The van der Waals surface area contributed by atoms with Gasteiger partial charge in [0.25, 0.3) is 0 Å². The molecule has 1 saturated heterocycles. The molecular formula is C14H14N2O. The maximum atomic E-state index is 5.86. The zero-order valence-electron chi connectivity index (χ0n) is 9.52. The highest BCUT2D eigenvalue weighted by Crippen LogP contribution is 2.38. The van der Waals surface area contributed by atoms with Gasteiger partial charge in [0.15, 0.2) is 5.58 Å². The summed E-state index contributed by atoms with van der Waals surface area (Å²) in [6.07, 6.45) is 6.55. The summed E-state index contributed by atoms with van der Waals surface area (Å²) in [7, 11) is 0. The Labute approximate surface area is 99.5 Å². The largest absolute Gasteiger partial charge is 0.455 e. The van der Waals surface area contributed by atoms with E-state index in [-0.39, 0.29) is 0 Å². The summed E-state index contributed by atoms with van der Waals surface area (Å²) in [5.74, 6) is 1.76. The van der Waals surface area contributed by atoms with Crippen LogP contribution in [0.1, 0.15) is 18.6 Å². The van der Waals surface area contributed by atoms with E-state index in [0.29, 0.717) is 6.04 Å². The molecule has 3 heteroatoms. The lowest BCUT2D eigenvalue weighted by molar-refractivity contribution is 0.545. The Hall–Kier alpha value is -1.61. The number of rotatable bonds is 1. The Morgan fingerprint density at radius 2 is 2.41 bits per heavy atom. The van der Waals surface area contributed by atoms with Gasteiger partial charge >= 0.3 is 0 Å². The zero-order chi connectivity index (χ0) is 11.2. The second-order valence-electron chi connectivity index (χ2n) is 4.92. The van der Waals surface area contributed by atoms with E-state index in [0.717, 1.165) is 35.7 Å². The molecule has 0 aromatic carbocycles. The van der Waals surface area contributed by atoms with Crippen LogP contribution in [0.5, 0.6) is 0 Å². The molecule has 0 spiro atoms. The number of hydrogen-bond donors (Lipinski definition) is 1. The fourth-order valence-electron chi connectivity index (χ4n) is 2.98. The van der Waals surface area contributed by atoms with E-state index < -0.39 is 0 Å². The normalized spacial score (nSPS) is 27.4. The summed E-state index contributed by atoms with van der Waals surface area (Å²) in [5.41, 5.74) is 3.17. The maximum absolute atomic E-state index is 5.86. The first-order valence-electron chi connectivity index (χ1n) is 6.19. The quantitative estimate of drug-likeness (QED) is 0.812. The monoisotopic (exact) mass is 226 g/mol. The third-order valence-corrected chi connectivity index (χ3v) is 3.87. The Kier molecular flexibility index (Phi) is 1.91. The molecule has 0 unspecified atom stereocenters. The van der Waals surface area contributed by atoms with Crippen molar-refractivity contribution in [1.29, 1.82) is 0 Å². The van der Waals surface area contributed by atoms with Crippen LogP contribution < -0.4 is 5.32 Å². The minimum Gasteiger partial charge on any atom is -0.455 e. The van der Waals surface area contributed by atoms with Gasteiger partial charge in [-0.3, -0.25) is 4.98 Å². The van der Waals surface area contributed by atoms with E-state index in [9.17, 15) is 0 Å². The molecule has 0 amide bonds. The third-order valence-electron chi connectivity index (χ3n) is 3.87. The van der Waals surface area contributed by atoms with Crippen LogP contribution in [-0.4, -0.2) is 17.6 Å². The molecule has 2 aromatic heterocycles. The van der Waals surface area contributed by atoms with Gasteiger partial charge < -0.3 is 9.73 Å². The Bertz CT molecular complexity index is 566. The number of fused-ring (bicyclic) bond motifs is 2. The van der Waals surface area contributed by atoms with E-state index in [4.69, 9.17) is 4.42 Å². The predicted octanol–water partition coefficient (Wildman–Crippen LogP) is 2.59. The average molecular weight is 226 g/mol. The average Bonchev–Trinajstić information content (AvgIpc) is 3.01. The lowest BCUT2D eigenvalue weighted by Crippen LogP contribution is -2.20. The van der Waals surface area contributed by atoms with Crippen LogP contribution in [-0.2, 0) is 0 Å². The van der Waals surface area contributed by atoms with Gasteiger partial charge in [-0.15, -0.1) is 0 Å². The Balaban J connectivity index is 1.75. The van der Waals surface area contributed by atoms with Gasteiger partial charge in [-0.2, -0.15) is 0 Å². The molecule has 86 valence electrons. The SMILES string of the molecule is C1=C(c2cc3ncccc3o2)C[C@H]2CCN[C@@H]12. The van der Waals surface area contributed by atoms with Crippen molar-refractivity contribution in [3.05, 3.63) is 36.2 Å². The first kappa shape index (κ1) is 9.42. The van der Waals surface area contributed by atoms with E-state index in [1.807, 2.05) is 12.1 Å². The first-order valence-corrected chi connectivity index (χ1v) is 6.19. The van der Waals surface area contributed by atoms with Gasteiger partial charge in [-0.05, 0) is 43.0 Å². The van der Waals surface area contributed by atoms with Crippen molar-refractivity contribution in [3.8, 4) is 0 Å². The molecule has 0 radical (unpaired) electrons. The molecule has 1 N–H and O–H groups in total.